The van der Waals surface area contributed by atoms with Gasteiger partial charge in [0.05, 0.1) is 4.90 Å². The Labute approximate surface area is 169 Å². The third kappa shape index (κ3) is 4.30. The Morgan fingerprint density at radius 1 is 1.10 bits per heavy atom. The summed E-state index contributed by atoms with van der Waals surface area (Å²) in [5, 5.41) is 0. The molecule has 2 aromatic rings. The number of nitrogens with zero attached hydrogens (tertiary/aromatic N) is 2. The van der Waals surface area contributed by atoms with Crippen LogP contribution in [0.2, 0.25) is 0 Å². The van der Waals surface area contributed by atoms with Gasteiger partial charge in [-0.1, -0.05) is 18.2 Å². The van der Waals surface area contributed by atoms with Crippen molar-refractivity contribution in [3.8, 4) is 0 Å². The molecule has 154 valence electrons. The number of rotatable bonds is 6. The van der Waals surface area contributed by atoms with Crippen molar-refractivity contribution in [3.05, 3.63) is 65.5 Å². The smallest absolute Gasteiger partial charge is 0.254 e. The zero-order valence-corrected chi connectivity index (χ0v) is 16.7. The standard InChI is InChI=1S/C20H22FN3O4S/c1-23(18(19(22)25)14-6-4-8-16(21)12-14)20(26)15-7-5-9-17(13-15)29(27,28)24-10-2-3-11-24/h4-9,12-13,18H,2-3,10-11H2,1H3,(H2,22,25). The molecule has 7 nitrogen and oxygen atoms in total. The summed E-state index contributed by atoms with van der Waals surface area (Å²) in [6.07, 6.45) is 1.60. The maximum atomic E-state index is 13.6. The van der Waals surface area contributed by atoms with Crippen molar-refractivity contribution >= 4 is 21.8 Å². The van der Waals surface area contributed by atoms with Crippen molar-refractivity contribution in [2.24, 2.45) is 5.73 Å². The van der Waals surface area contributed by atoms with Crippen LogP contribution >= 0.6 is 0 Å². The fraction of sp³-hybridized carbons (Fsp3) is 0.300. The third-order valence-electron chi connectivity index (χ3n) is 4.93. The Balaban J connectivity index is 1.92. The number of carbonyl (C=O) groups excluding carboxylic acids is 2. The summed E-state index contributed by atoms with van der Waals surface area (Å²) in [4.78, 5) is 26.1. The highest BCUT2D eigenvalue weighted by molar-refractivity contribution is 7.89. The first-order chi connectivity index (χ1) is 13.7. The quantitative estimate of drug-likeness (QED) is 0.773. The van der Waals surface area contributed by atoms with Crippen LogP contribution in [0.1, 0.15) is 34.8 Å². The zero-order valence-electron chi connectivity index (χ0n) is 15.9. The highest BCUT2D eigenvalue weighted by Gasteiger charge is 2.30. The van der Waals surface area contributed by atoms with Crippen LogP contribution in [0.5, 0.6) is 0 Å². The van der Waals surface area contributed by atoms with Crippen molar-refractivity contribution in [2.45, 2.75) is 23.8 Å². The number of likely N-dealkylation sites (N-methyl/N-ethyl adjacent to an activating group) is 1. The molecule has 1 aliphatic heterocycles. The zero-order chi connectivity index (χ0) is 21.2. The molecule has 2 aromatic carbocycles. The second kappa shape index (κ2) is 8.30. The molecule has 3 rings (SSSR count). The number of carbonyl (C=O) groups is 2. The molecule has 0 radical (unpaired) electrons. The van der Waals surface area contributed by atoms with Crippen LogP contribution in [0.3, 0.4) is 0 Å². The summed E-state index contributed by atoms with van der Waals surface area (Å²) in [5.74, 6) is -1.99. The summed E-state index contributed by atoms with van der Waals surface area (Å²) < 4.78 is 40.5. The van der Waals surface area contributed by atoms with E-state index in [0.29, 0.717) is 13.1 Å². The number of sulfonamides is 1. The summed E-state index contributed by atoms with van der Waals surface area (Å²) in [7, 11) is -2.33. The van der Waals surface area contributed by atoms with Gasteiger partial charge in [-0.15, -0.1) is 0 Å². The lowest BCUT2D eigenvalue weighted by molar-refractivity contribution is -0.122. The Hall–Kier alpha value is -2.78. The SMILES string of the molecule is CN(C(=O)c1cccc(S(=O)(=O)N2CCCC2)c1)C(C(N)=O)c1cccc(F)c1. The van der Waals surface area contributed by atoms with Gasteiger partial charge in [-0.2, -0.15) is 4.31 Å². The van der Waals surface area contributed by atoms with Gasteiger partial charge in [0.15, 0.2) is 0 Å². The van der Waals surface area contributed by atoms with Crippen LogP contribution in [0.15, 0.2) is 53.4 Å². The number of hydrogen-bond donors (Lipinski definition) is 1. The number of halogens is 1. The lowest BCUT2D eigenvalue weighted by atomic mass is 10.0. The second-order valence-corrected chi connectivity index (χ2v) is 8.85. The van der Waals surface area contributed by atoms with Crippen LogP contribution in [-0.4, -0.2) is 49.6 Å². The molecule has 1 heterocycles. The van der Waals surface area contributed by atoms with Crippen molar-refractivity contribution in [2.75, 3.05) is 20.1 Å². The minimum atomic E-state index is -3.69. The first kappa shape index (κ1) is 20.9. The molecule has 1 atom stereocenters. The monoisotopic (exact) mass is 419 g/mol. The van der Waals surface area contributed by atoms with Crippen LogP contribution < -0.4 is 5.73 Å². The number of amides is 2. The maximum Gasteiger partial charge on any atom is 0.254 e. The molecule has 0 saturated carbocycles. The van der Waals surface area contributed by atoms with Gasteiger partial charge in [-0.3, -0.25) is 9.59 Å². The Morgan fingerprint density at radius 2 is 1.76 bits per heavy atom. The van der Waals surface area contributed by atoms with E-state index in [1.54, 1.807) is 0 Å². The largest absolute Gasteiger partial charge is 0.368 e. The van der Waals surface area contributed by atoms with E-state index in [2.05, 4.69) is 0 Å². The summed E-state index contributed by atoms with van der Waals surface area (Å²) in [6, 6.07) is 9.73. The summed E-state index contributed by atoms with van der Waals surface area (Å²) in [6.45, 7) is 0.896. The van der Waals surface area contributed by atoms with Crippen molar-refractivity contribution in [1.82, 2.24) is 9.21 Å². The Bertz CT molecular complexity index is 1040. The van der Waals surface area contributed by atoms with Gasteiger partial charge in [0.1, 0.15) is 11.9 Å². The van der Waals surface area contributed by atoms with Gasteiger partial charge in [0.25, 0.3) is 5.91 Å². The van der Waals surface area contributed by atoms with Crippen molar-refractivity contribution in [1.29, 1.82) is 0 Å². The Kier molecular flexibility index (Phi) is 5.99. The van der Waals surface area contributed by atoms with E-state index in [9.17, 15) is 22.4 Å². The molecule has 1 saturated heterocycles. The van der Waals surface area contributed by atoms with E-state index in [1.807, 2.05) is 0 Å². The fourth-order valence-electron chi connectivity index (χ4n) is 3.44. The minimum absolute atomic E-state index is 0.0139. The van der Waals surface area contributed by atoms with Crippen LogP contribution in [0, 0.1) is 5.82 Å². The molecule has 2 amide bonds. The van der Waals surface area contributed by atoms with Gasteiger partial charge in [-0.05, 0) is 48.7 Å². The molecule has 0 aromatic heterocycles. The van der Waals surface area contributed by atoms with E-state index in [1.165, 1.54) is 53.8 Å². The first-order valence-electron chi connectivity index (χ1n) is 9.14. The molecule has 0 spiro atoms. The summed E-state index contributed by atoms with van der Waals surface area (Å²) in [5.41, 5.74) is 5.78. The molecule has 1 fully saturated rings. The van der Waals surface area contributed by atoms with Crippen molar-refractivity contribution in [3.63, 3.8) is 0 Å². The van der Waals surface area contributed by atoms with Gasteiger partial charge < -0.3 is 10.6 Å². The molecule has 1 unspecified atom stereocenters. The molecule has 0 bridgehead atoms. The van der Waals surface area contributed by atoms with Gasteiger partial charge in [-0.25, -0.2) is 12.8 Å². The van der Waals surface area contributed by atoms with Crippen LogP contribution in [0.25, 0.3) is 0 Å². The lowest BCUT2D eigenvalue weighted by Crippen LogP contribution is -2.39. The van der Waals surface area contributed by atoms with Crippen LogP contribution in [0.4, 0.5) is 4.39 Å². The Morgan fingerprint density at radius 3 is 2.38 bits per heavy atom. The van der Waals surface area contributed by atoms with Crippen molar-refractivity contribution < 1.29 is 22.4 Å². The highest BCUT2D eigenvalue weighted by Crippen LogP contribution is 2.25. The van der Waals surface area contributed by atoms with Gasteiger partial charge in [0.2, 0.25) is 15.9 Å². The first-order valence-corrected chi connectivity index (χ1v) is 10.6. The number of primary amides is 1. The molecule has 0 aliphatic carbocycles. The summed E-state index contributed by atoms with van der Waals surface area (Å²) >= 11 is 0. The van der Waals surface area contributed by atoms with Gasteiger partial charge in [0, 0.05) is 25.7 Å². The molecule has 29 heavy (non-hydrogen) atoms. The molecule has 9 heteroatoms. The lowest BCUT2D eigenvalue weighted by Gasteiger charge is -2.26. The predicted octanol–water partition coefficient (Wildman–Crippen LogP) is 1.91. The fourth-order valence-corrected chi connectivity index (χ4v) is 5.01. The average Bonchev–Trinajstić information content (AvgIpc) is 3.23. The van der Waals surface area contributed by atoms with E-state index < -0.39 is 33.7 Å². The number of hydrogen-bond acceptors (Lipinski definition) is 4. The average molecular weight is 419 g/mol. The molecule has 2 N–H and O–H groups in total. The van der Waals surface area contributed by atoms with E-state index in [0.717, 1.165) is 23.8 Å². The van der Waals surface area contributed by atoms with Gasteiger partial charge >= 0.3 is 0 Å². The number of nitrogens with two attached hydrogens (primary N) is 1. The molecular formula is C20H22FN3O4S. The van der Waals surface area contributed by atoms with Crippen LogP contribution in [-0.2, 0) is 14.8 Å². The van der Waals surface area contributed by atoms with E-state index in [4.69, 9.17) is 5.73 Å². The second-order valence-electron chi connectivity index (χ2n) is 6.91. The predicted molar refractivity (Wildman–Crippen MR) is 105 cm³/mol. The molecular weight excluding hydrogens is 397 g/mol. The number of benzene rings is 2. The van der Waals surface area contributed by atoms with E-state index >= 15 is 0 Å². The maximum absolute atomic E-state index is 13.6. The normalized spacial score (nSPS) is 15.8. The molecule has 1 aliphatic rings. The minimum Gasteiger partial charge on any atom is -0.368 e. The third-order valence-corrected chi connectivity index (χ3v) is 6.82. The van der Waals surface area contributed by atoms with E-state index in [-0.39, 0.29) is 16.0 Å². The highest BCUT2D eigenvalue weighted by atomic mass is 32.2. The topological polar surface area (TPSA) is 101 Å².